The Bertz CT molecular complexity index is 522. The van der Waals surface area contributed by atoms with E-state index in [0.29, 0.717) is 5.69 Å². The van der Waals surface area contributed by atoms with Crippen molar-refractivity contribution in [2.75, 3.05) is 7.11 Å². The van der Waals surface area contributed by atoms with Crippen molar-refractivity contribution in [2.24, 2.45) is 0 Å². The standard InChI is InChI=1S/C11H11N3O3/c1-17-11(16)10-5-9(13-14(10)7-15)8-3-2-4-12-6-8/h2-6,15H,7H2,1H3. The summed E-state index contributed by atoms with van der Waals surface area (Å²) in [4.78, 5) is 15.4. The quantitative estimate of drug-likeness (QED) is 0.789. The highest BCUT2D eigenvalue weighted by atomic mass is 16.5. The second-order valence-electron chi connectivity index (χ2n) is 3.29. The number of aliphatic hydroxyl groups excluding tert-OH is 1. The molecular weight excluding hydrogens is 222 g/mol. The number of nitrogens with zero attached hydrogens (tertiary/aromatic N) is 3. The van der Waals surface area contributed by atoms with Crippen LogP contribution >= 0.6 is 0 Å². The maximum Gasteiger partial charge on any atom is 0.356 e. The molecule has 0 unspecified atom stereocenters. The van der Waals surface area contributed by atoms with Crippen LogP contribution in [-0.4, -0.2) is 33.0 Å². The first-order valence-electron chi connectivity index (χ1n) is 4.93. The Balaban J connectivity index is 2.45. The summed E-state index contributed by atoms with van der Waals surface area (Å²) < 4.78 is 5.78. The monoisotopic (exact) mass is 233 g/mol. The Morgan fingerprint density at radius 2 is 2.41 bits per heavy atom. The van der Waals surface area contributed by atoms with E-state index in [1.54, 1.807) is 24.5 Å². The Kier molecular flexibility index (Phi) is 3.15. The van der Waals surface area contributed by atoms with Gasteiger partial charge < -0.3 is 9.84 Å². The molecule has 0 amide bonds. The van der Waals surface area contributed by atoms with Crippen LogP contribution in [0.1, 0.15) is 10.5 Å². The highest BCUT2D eigenvalue weighted by molar-refractivity contribution is 5.88. The second-order valence-corrected chi connectivity index (χ2v) is 3.29. The molecule has 2 rings (SSSR count). The van der Waals surface area contributed by atoms with E-state index in [-0.39, 0.29) is 12.4 Å². The molecule has 0 aliphatic rings. The van der Waals surface area contributed by atoms with Crippen LogP contribution in [0.5, 0.6) is 0 Å². The molecule has 2 heterocycles. The summed E-state index contributed by atoms with van der Waals surface area (Å²) in [7, 11) is 1.28. The lowest BCUT2D eigenvalue weighted by Gasteiger charge is -2.00. The predicted octanol–water partition coefficient (Wildman–Crippen LogP) is 0.681. The number of ether oxygens (including phenoxy) is 1. The summed E-state index contributed by atoms with van der Waals surface area (Å²) in [6, 6.07) is 5.14. The van der Waals surface area contributed by atoms with Crippen LogP contribution in [-0.2, 0) is 11.5 Å². The van der Waals surface area contributed by atoms with Crippen molar-refractivity contribution < 1.29 is 14.6 Å². The van der Waals surface area contributed by atoms with Gasteiger partial charge in [-0.1, -0.05) is 0 Å². The SMILES string of the molecule is COC(=O)c1cc(-c2cccnc2)nn1CO. The van der Waals surface area contributed by atoms with E-state index < -0.39 is 5.97 Å². The molecule has 6 heteroatoms. The van der Waals surface area contributed by atoms with Crippen LogP contribution in [0.4, 0.5) is 0 Å². The van der Waals surface area contributed by atoms with Gasteiger partial charge in [0.15, 0.2) is 0 Å². The first-order chi connectivity index (χ1) is 8.26. The number of aliphatic hydroxyl groups is 1. The molecule has 6 nitrogen and oxygen atoms in total. The lowest BCUT2D eigenvalue weighted by atomic mass is 10.2. The van der Waals surface area contributed by atoms with Crippen LogP contribution < -0.4 is 0 Å². The van der Waals surface area contributed by atoms with Crippen molar-refractivity contribution in [1.82, 2.24) is 14.8 Å². The Labute approximate surface area is 97.5 Å². The smallest absolute Gasteiger partial charge is 0.356 e. The largest absolute Gasteiger partial charge is 0.464 e. The number of carbonyl (C=O) groups is 1. The number of esters is 1. The Morgan fingerprint density at radius 3 is 3.00 bits per heavy atom. The minimum atomic E-state index is -0.540. The van der Waals surface area contributed by atoms with Gasteiger partial charge in [-0.05, 0) is 18.2 Å². The van der Waals surface area contributed by atoms with Crippen LogP contribution in [0.2, 0.25) is 0 Å². The van der Waals surface area contributed by atoms with Gasteiger partial charge in [0, 0.05) is 18.0 Å². The van der Waals surface area contributed by atoms with Crippen LogP contribution in [0.15, 0.2) is 30.6 Å². The van der Waals surface area contributed by atoms with E-state index >= 15 is 0 Å². The van der Waals surface area contributed by atoms with Crippen molar-refractivity contribution in [1.29, 1.82) is 0 Å². The third kappa shape index (κ3) is 2.16. The normalized spacial score (nSPS) is 10.2. The summed E-state index contributed by atoms with van der Waals surface area (Å²) in [6.45, 7) is -0.384. The van der Waals surface area contributed by atoms with E-state index in [9.17, 15) is 4.79 Å². The molecule has 0 fully saturated rings. The molecule has 2 aromatic heterocycles. The number of pyridine rings is 1. The minimum Gasteiger partial charge on any atom is -0.464 e. The summed E-state index contributed by atoms with van der Waals surface area (Å²) in [5.41, 5.74) is 1.53. The van der Waals surface area contributed by atoms with Gasteiger partial charge in [0.05, 0.1) is 12.8 Å². The zero-order valence-corrected chi connectivity index (χ0v) is 9.20. The minimum absolute atomic E-state index is 0.203. The zero-order valence-electron chi connectivity index (χ0n) is 9.20. The number of hydrogen-bond donors (Lipinski definition) is 1. The van der Waals surface area contributed by atoms with Gasteiger partial charge in [-0.15, -0.1) is 0 Å². The summed E-state index contributed by atoms with van der Waals surface area (Å²) in [5, 5.41) is 13.2. The molecule has 0 spiro atoms. The van der Waals surface area contributed by atoms with Crippen molar-refractivity contribution >= 4 is 5.97 Å². The first-order valence-corrected chi connectivity index (χ1v) is 4.93. The molecule has 88 valence electrons. The van der Waals surface area contributed by atoms with Gasteiger partial charge in [0.2, 0.25) is 0 Å². The number of carbonyl (C=O) groups excluding carboxylic acids is 1. The van der Waals surface area contributed by atoms with Crippen molar-refractivity contribution in [3.8, 4) is 11.3 Å². The molecule has 0 aliphatic carbocycles. The molecule has 0 aliphatic heterocycles. The maximum atomic E-state index is 11.4. The van der Waals surface area contributed by atoms with Gasteiger partial charge in [0.25, 0.3) is 0 Å². The molecule has 1 N–H and O–H groups in total. The van der Waals surface area contributed by atoms with Crippen molar-refractivity contribution in [2.45, 2.75) is 6.73 Å². The van der Waals surface area contributed by atoms with Crippen LogP contribution in [0.3, 0.4) is 0 Å². The fraction of sp³-hybridized carbons (Fsp3) is 0.182. The third-order valence-electron chi connectivity index (χ3n) is 2.27. The van der Waals surface area contributed by atoms with Crippen LogP contribution in [0.25, 0.3) is 11.3 Å². The van der Waals surface area contributed by atoms with Gasteiger partial charge in [-0.3, -0.25) is 4.98 Å². The van der Waals surface area contributed by atoms with Gasteiger partial charge in [-0.2, -0.15) is 5.10 Å². The van der Waals surface area contributed by atoms with Crippen molar-refractivity contribution in [3.63, 3.8) is 0 Å². The highest BCUT2D eigenvalue weighted by Gasteiger charge is 2.16. The first kappa shape index (κ1) is 11.3. The Hall–Kier alpha value is -2.21. The van der Waals surface area contributed by atoms with Gasteiger partial charge >= 0.3 is 5.97 Å². The van der Waals surface area contributed by atoms with Crippen LogP contribution in [0, 0.1) is 0 Å². The van der Waals surface area contributed by atoms with E-state index in [2.05, 4.69) is 14.8 Å². The molecule has 0 bridgehead atoms. The van der Waals surface area contributed by atoms with Gasteiger partial charge in [0.1, 0.15) is 12.4 Å². The summed E-state index contributed by atoms with van der Waals surface area (Å²) in [6.07, 6.45) is 3.28. The number of hydrogen-bond acceptors (Lipinski definition) is 5. The maximum absolute atomic E-state index is 11.4. The van der Waals surface area contributed by atoms with E-state index in [4.69, 9.17) is 5.11 Å². The molecule has 0 atom stereocenters. The lowest BCUT2D eigenvalue weighted by Crippen LogP contribution is -2.11. The molecule has 17 heavy (non-hydrogen) atoms. The molecule has 0 saturated heterocycles. The molecule has 0 aromatic carbocycles. The fourth-order valence-corrected chi connectivity index (χ4v) is 1.45. The molecule has 2 aromatic rings. The lowest BCUT2D eigenvalue weighted by molar-refractivity contribution is 0.0573. The fourth-order valence-electron chi connectivity index (χ4n) is 1.45. The number of aromatic nitrogens is 3. The Morgan fingerprint density at radius 1 is 1.59 bits per heavy atom. The second kappa shape index (κ2) is 4.75. The van der Waals surface area contributed by atoms with E-state index in [0.717, 1.165) is 5.56 Å². The summed E-state index contributed by atoms with van der Waals surface area (Å²) in [5.74, 6) is -0.540. The number of methoxy groups -OCH3 is 1. The molecular formula is C11H11N3O3. The third-order valence-corrected chi connectivity index (χ3v) is 2.27. The average Bonchev–Trinajstić information content (AvgIpc) is 2.83. The van der Waals surface area contributed by atoms with E-state index in [1.165, 1.54) is 11.8 Å². The van der Waals surface area contributed by atoms with E-state index in [1.807, 2.05) is 6.07 Å². The topological polar surface area (TPSA) is 77.2 Å². The number of rotatable bonds is 3. The molecule has 0 saturated carbocycles. The average molecular weight is 233 g/mol. The van der Waals surface area contributed by atoms with Crippen molar-refractivity contribution in [3.05, 3.63) is 36.3 Å². The predicted molar refractivity (Wildman–Crippen MR) is 59.0 cm³/mol. The summed E-state index contributed by atoms with van der Waals surface area (Å²) >= 11 is 0. The highest BCUT2D eigenvalue weighted by Crippen LogP contribution is 2.18. The van der Waals surface area contributed by atoms with Gasteiger partial charge in [-0.25, -0.2) is 9.48 Å². The zero-order chi connectivity index (χ0) is 12.3. The molecule has 0 radical (unpaired) electrons.